The number of carbonyl (C=O) groups is 2. The van der Waals surface area contributed by atoms with Crippen molar-refractivity contribution >= 4 is 23.5 Å². The van der Waals surface area contributed by atoms with E-state index in [2.05, 4.69) is 10.3 Å². The molecule has 1 atom stereocenters. The van der Waals surface area contributed by atoms with Gasteiger partial charge < -0.3 is 19.8 Å². The maximum atomic E-state index is 12.6. The van der Waals surface area contributed by atoms with E-state index in [0.29, 0.717) is 40.6 Å². The molecule has 0 radical (unpaired) electrons. The normalized spacial score (nSPS) is 11.9. The molecular formula is C20H25ClN2O4. The van der Waals surface area contributed by atoms with Crippen LogP contribution in [0.3, 0.4) is 0 Å². The summed E-state index contributed by atoms with van der Waals surface area (Å²) in [5.74, 6) is -0.731. The van der Waals surface area contributed by atoms with Crippen LogP contribution < -0.4 is 5.32 Å². The Morgan fingerprint density at radius 1 is 1.26 bits per heavy atom. The molecule has 0 fully saturated rings. The lowest BCUT2D eigenvalue weighted by atomic mass is 10.1. The van der Waals surface area contributed by atoms with Crippen LogP contribution in [0, 0.1) is 13.8 Å². The number of halogens is 1. The molecule has 0 spiro atoms. The van der Waals surface area contributed by atoms with Gasteiger partial charge in [-0.3, -0.25) is 4.79 Å². The molecule has 0 aliphatic carbocycles. The lowest BCUT2D eigenvalue weighted by Gasteiger charge is -2.14. The van der Waals surface area contributed by atoms with E-state index in [1.165, 1.54) is 7.11 Å². The average Bonchev–Trinajstić information content (AvgIpc) is 2.89. The number of rotatable bonds is 8. The molecule has 0 saturated heterocycles. The summed E-state index contributed by atoms with van der Waals surface area (Å²) in [6.45, 7) is 5.88. The third-order valence-corrected chi connectivity index (χ3v) is 4.43. The van der Waals surface area contributed by atoms with Gasteiger partial charge in [0, 0.05) is 23.9 Å². The van der Waals surface area contributed by atoms with E-state index < -0.39 is 5.97 Å². The van der Waals surface area contributed by atoms with Crippen molar-refractivity contribution in [3.8, 4) is 0 Å². The molecule has 146 valence electrons. The van der Waals surface area contributed by atoms with E-state index in [4.69, 9.17) is 21.1 Å². The molecule has 0 aliphatic heterocycles. The lowest BCUT2D eigenvalue weighted by Crippen LogP contribution is -2.34. The Morgan fingerprint density at radius 3 is 2.67 bits per heavy atom. The van der Waals surface area contributed by atoms with Crippen LogP contribution in [-0.4, -0.2) is 43.2 Å². The monoisotopic (exact) mass is 392 g/mol. The van der Waals surface area contributed by atoms with Gasteiger partial charge in [-0.2, -0.15) is 0 Å². The van der Waals surface area contributed by atoms with Crippen molar-refractivity contribution in [3.63, 3.8) is 0 Å². The largest absolute Gasteiger partial charge is 0.460 e. The van der Waals surface area contributed by atoms with Crippen molar-refractivity contribution in [2.45, 2.75) is 33.2 Å². The van der Waals surface area contributed by atoms with Gasteiger partial charge in [-0.1, -0.05) is 23.7 Å². The Kier molecular flexibility index (Phi) is 7.45. The first-order valence-electron chi connectivity index (χ1n) is 8.74. The summed E-state index contributed by atoms with van der Waals surface area (Å²) in [5, 5.41) is 3.62. The topological polar surface area (TPSA) is 80.4 Å². The zero-order chi connectivity index (χ0) is 20.0. The lowest BCUT2D eigenvalue weighted by molar-refractivity contribution is 0.0387. The molecule has 7 heteroatoms. The first-order valence-corrected chi connectivity index (χ1v) is 9.11. The van der Waals surface area contributed by atoms with E-state index >= 15 is 0 Å². The van der Waals surface area contributed by atoms with Crippen LogP contribution in [0.15, 0.2) is 24.3 Å². The predicted octanol–water partition coefficient (Wildman–Crippen LogP) is 3.45. The molecule has 1 heterocycles. The Hall–Kier alpha value is -2.31. The van der Waals surface area contributed by atoms with Gasteiger partial charge in [-0.25, -0.2) is 4.79 Å². The van der Waals surface area contributed by atoms with E-state index in [1.54, 1.807) is 13.8 Å². The summed E-state index contributed by atoms with van der Waals surface area (Å²) in [6.07, 6.45) is 0.650. The number of benzene rings is 1. The van der Waals surface area contributed by atoms with Crippen LogP contribution in [0.5, 0.6) is 0 Å². The van der Waals surface area contributed by atoms with Gasteiger partial charge >= 0.3 is 5.97 Å². The van der Waals surface area contributed by atoms with E-state index in [9.17, 15) is 9.59 Å². The average molecular weight is 393 g/mol. The van der Waals surface area contributed by atoms with Gasteiger partial charge in [0.15, 0.2) is 0 Å². The summed E-state index contributed by atoms with van der Waals surface area (Å²) in [5.41, 5.74) is 2.96. The van der Waals surface area contributed by atoms with Crippen LogP contribution in [0.4, 0.5) is 0 Å². The number of amides is 1. The summed E-state index contributed by atoms with van der Waals surface area (Å²) in [4.78, 5) is 27.9. The molecule has 2 rings (SSSR count). The van der Waals surface area contributed by atoms with Crippen molar-refractivity contribution in [2.75, 3.05) is 20.3 Å². The van der Waals surface area contributed by atoms with Crippen LogP contribution in [0.1, 0.15) is 44.6 Å². The molecule has 2 N–H and O–H groups in total. The summed E-state index contributed by atoms with van der Waals surface area (Å²) >= 11 is 6.00. The number of H-pyrrole nitrogens is 1. The molecule has 27 heavy (non-hydrogen) atoms. The summed E-state index contributed by atoms with van der Waals surface area (Å²) in [7, 11) is 1.54. The SMILES string of the molecule is COCCOC(=O)c1c(C)[nH]c(C(=O)NC(C)Cc2cccc(Cl)c2)c1C. The van der Waals surface area contributed by atoms with Crippen molar-refractivity contribution in [1.82, 2.24) is 10.3 Å². The van der Waals surface area contributed by atoms with Crippen LogP contribution in [0.25, 0.3) is 0 Å². The number of aromatic amines is 1. The second-order valence-electron chi connectivity index (χ2n) is 6.46. The van der Waals surface area contributed by atoms with Crippen LogP contribution >= 0.6 is 11.6 Å². The maximum Gasteiger partial charge on any atom is 0.340 e. The number of carbonyl (C=O) groups excluding carboxylic acids is 2. The van der Waals surface area contributed by atoms with E-state index in [0.717, 1.165) is 5.56 Å². The highest BCUT2D eigenvalue weighted by molar-refractivity contribution is 6.30. The van der Waals surface area contributed by atoms with Gasteiger partial charge in [0.25, 0.3) is 5.91 Å². The molecule has 0 bridgehead atoms. The van der Waals surface area contributed by atoms with Crippen molar-refractivity contribution in [3.05, 3.63) is 57.4 Å². The van der Waals surface area contributed by atoms with Gasteiger partial charge in [-0.05, 0) is 50.5 Å². The highest BCUT2D eigenvalue weighted by Gasteiger charge is 2.23. The number of esters is 1. The number of hydrogen-bond donors (Lipinski definition) is 2. The molecular weight excluding hydrogens is 368 g/mol. The van der Waals surface area contributed by atoms with E-state index in [-0.39, 0.29) is 18.6 Å². The zero-order valence-corrected chi connectivity index (χ0v) is 16.8. The standard InChI is InChI=1S/C20H25ClN2O4/c1-12(10-15-6-5-7-16(21)11-15)22-19(24)18-13(2)17(14(3)23-18)20(25)27-9-8-26-4/h5-7,11-12,23H,8-10H2,1-4H3,(H,22,24). The number of aromatic nitrogens is 1. The molecule has 1 aromatic heterocycles. The molecule has 1 unspecified atom stereocenters. The summed E-state index contributed by atoms with van der Waals surface area (Å²) < 4.78 is 10.0. The molecule has 1 amide bonds. The minimum atomic E-state index is -0.468. The second-order valence-corrected chi connectivity index (χ2v) is 6.90. The highest BCUT2D eigenvalue weighted by atomic mass is 35.5. The minimum absolute atomic E-state index is 0.101. The molecule has 0 aliphatic rings. The van der Waals surface area contributed by atoms with Crippen LogP contribution in [-0.2, 0) is 15.9 Å². The minimum Gasteiger partial charge on any atom is -0.460 e. The number of aryl methyl sites for hydroxylation is 1. The van der Waals surface area contributed by atoms with Crippen molar-refractivity contribution in [1.29, 1.82) is 0 Å². The fourth-order valence-electron chi connectivity index (χ4n) is 2.94. The van der Waals surface area contributed by atoms with Crippen LogP contribution in [0.2, 0.25) is 5.02 Å². The fourth-order valence-corrected chi connectivity index (χ4v) is 3.15. The first-order chi connectivity index (χ1) is 12.8. The first kappa shape index (κ1) is 21.0. The third-order valence-electron chi connectivity index (χ3n) is 4.20. The maximum absolute atomic E-state index is 12.6. The molecule has 0 saturated carbocycles. The van der Waals surface area contributed by atoms with E-state index in [1.807, 2.05) is 31.2 Å². The Bertz CT molecular complexity index is 816. The number of hydrogen-bond acceptors (Lipinski definition) is 4. The molecule has 6 nitrogen and oxygen atoms in total. The molecule has 1 aromatic carbocycles. The van der Waals surface area contributed by atoms with Gasteiger partial charge in [0.1, 0.15) is 12.3 Å². The Morgan fingerprint density at radius 2 is 2.00 bits per heavy atom. The smallest absolute Gasteiger partial charge is 0.340 e. The van der Waals surface area contributed by atoms with Crippen molar-refractivity contribution in [2.24, 2.45) is 0 Å². The highest BCUT2D eigenvalue weighted by Crippen LogP contribution is 2.19. The summed E-state index contributed by atoms with van der Waals surface area (Å²) in [6, 6.07) is 7.43. The van der Waals surface area contributed by atoms with Gasteiger partial charge in [0.2, 0.25) is 0 Å². The van der Waals surface area contributed by atoms with Gasteiger partial charge in [0.05, 0.1) is 12.2 Å². The number of ether oxygens (including phenoxy) is 2. The quantitative estimate of drug-likeness (QED) is 0.532. The zero-order valence-electron chi connectivity index (χ0n) is 16.0. The molecule has 2 aromatic rings. The van der Waals surface area contributed by atoms with Crippen molar-refractivity contribution < 1.29 is 19.1 Å². The second kappa shape index (κ2) is 9.58. The third kappa shape index (κ3) is 5.58. The fraction of sp³-hybridized carbons (Fsp3) is 0.400. The Balaban J connectivity index is 2.05. The van der Waals surface area contributed by atoms with Gasteiger partial charge in [-0.15, -0.1) is 0 Å². The predicted molar refractivity (Wildman–Crippen MR) is 105 cm³/mol. The Labute approximate surface area is 164 Å². The number of nitrogens with one attached hydrogen (secondary N) is 2. The number of methoxy groups -OCH3 is 1.